The Bertz CT molecular complexity index is 994. The van der Waals surface area contributed by atoms with Gasteiger partial charge in [0.2, 0.25) is 0 Å². The number of halogens is 2. The maximum Gasteiger partial charge on any atom is -1.00 e. The number of hydrogen-bond acceptors (Lipinski definition) is 1. The van der Waals surface area contributed by atoms with Crippen LogP contribution in [0.3, 0.4) is 0 Å². The summed E-state index contributed by atoms with van der Waals surface area (Å²) in [5.41, 5.74) is 5.54. The largest absolute Gasteiger partial charge is 1.00 e. The third-order valence-electron chi connectivity index (χ3n) is 8.43. The molecule has 0 aromatic heterocycles. The van der Waals surface area contributed by atoms with Crippen LogP contribution in [-0.2, 0) is 22.5 Å². The monoisotopic (exact) mass is 503 g/mol. The molecule has 0 unspecified atom stereocenters. The van der Waals surface area contributed by atoms with Crippen LogP contribution in [0.15, 0.2) is 48.5 Å². The van der Waals surface area contributed by atoms with Gasteiger partial charge in [0, 0.05) is 0 Å². The Morgan fingerprint density at radius 3 is 1.69 bits per heavy atom. The van der Waals surface area contributed by atoms with Gasteiger partial charge in [-0.05, 0) is 0 Å². The average molecular weight is 504 g/mol. The number of carbonyl (C=O) groups excluding carboxylic acids is 1. The summed E-state index contributed by atoms with van der Waals surface area (Å²) in [6, 6.07) is 17.7. The van der Waals surface area contributed by atoms with Crippen LogP contribution in [0.25, 0.3) is 11.1 Å². The topological polar surface area (TPSA) is 29.1 Å². The van der Waals surface area contributed by atoms with Crippen molar-refractivity contribution in [1.29, 1.82) is 0 Å². The summed E-state index contributed by atoms with van der Waals surface area (Å²) in [4.78, 5) is 13.9. The maximum atomic E-state index is 13.9. The van der Waals surface area contributed by atoms with Crippen LogP contribution >= 0.6 is 0 Å². The second-order valence-electron chi connectivity index (χ2n) is 10.7. The molecule has 5 aliphatic carbocycles. The first kappa shape index (κ1) is 24.2. The zero-order valence-corrected chi connectivity index (χ0v) is 21.9. The van der Waals surface area contributed by atoms with Crippen LogP contribution in [0, 0.1) is 23.2 Å². The van der Waals surface area contributed by atoms with Crippen LogP contribution in [0.5, 0.6) is 0 Å². The fourth-order valence-electron chi connectivity index (χ4n) is 7.60. The van der Waals surface area contributed by atoms with Crippen molar-refractivity contribution in [1.82, 2.24) is 3.80 Å². The van der Waals surface area contributed by atoms with Crippen LogP contribution in [0.4, 0.5) is 0 Å². The van der Waals surface area contributed by atoms with Crippen molar-refractivity contribution >= 4 is 9.72 Å². The molecule has 4 bridgehead atoms. The van der Waals surface area contributed by atoms with E-state index in [1.807, 2.05) is 0 Å². The molecule has 1 amide bonds. The Kier molecular flexibility index (Phi) is 6.83. The molecule has 0 heterocycles. The van der Waals surface area contributed by atoms with Gasteiger partial charge in [-0.1, -0.05) is 0 Å². The number of fused-ring (bicyclic) bond motifs is 3. The zero-order chi connectivity index (χ0) is 20.5. The van der Waals surface area contributed by atoms with E-state index in [9.17, 15) is 4.79 Å². The first-order valence-electron chi connectivity index (χ1n) is 11.7. The molecule has 5 aliphatic rings. The molecule has 0 saturated heterocycles. The molecule has 4 saturated carbocycles. The molecule has 5 heteroatoms. The molecule has 0 aliphatic heterocycles. The summed E-state index contributed by atoms with van der Waals surface area (Å²) in [5.74, 6) is 2.85. The minimum absolute atomic E-state index is 0. The number of benzene rings is 2. The quantitative estimate of drug-likeness (QED) is 0.579. The predicted molar refractivity (Wildman–Crippen MR) is 119 cm³/mol. The van der Waals surface area contributed by atoms with Crippen LogP contribution in [-0.4, -0.2) is 9.72 Å². The SMILES string of the molecule is C[C](C)=[Ti+2]([NH]C(=O)C12CC3CC(CC(C3)C1)C2)[CH]1c2ccccc2-c2ccccc21.[Cl-].[Cl-]. The molecule has 168 valence electrons. The van der Waals surface area contributed by atoms with Gasteiger partial charge in [0.1, 0.15) is 0 Å². The maximum absolute atomic E-state index is 13.9. The van der Waals surface area contributed by atoms with E-state index < -0.39 is 17.7 Å². The van der Waals surface area contributed by atoms with Gasteiger partial charge in [-0.2, -0.15) is 0 Å². The minimum Gasteiger partial charge on any atom is -1.00 e. The van der Waals surface area contributed by atoms with Crippen LogP contribution in [0.2, 0.25) is 0 Å². The standard InChI is InChI=1S/C13H9.C11H17NO.C3H6.2ClH.Ti/c1-3-7-12-10(5-1)9-11-6-2-4-8-13(11)12;12-10(13)11-4-7-1-8(5-11)3-9(2-7)6-11;1-3-2;;;/h1-9H;7-9H,1-6H2,(H2,12,13);1-2H3;2*1H;/q;;;;;+3/p-3. The van der Waals surface area contributed by atoms with Gasteiger partial charge >= 0.3 is 187 Å². The molecule has 32 heavy (non-hydrogen) atoms. The van der Waals surface area contributed by atoms with E-state index in [-0.39, 0.29) is 30.2 Å². The third-order valence-corrected chi connectivity index (χ3v) is 12.8. The van der Waals surface area contributed by atoms with Gasteiger partial charge in [-0.3, -0.25) is 0 Å². The van der Waals surface area contributed by atoms with Crippen molar-refractivity contribution < 1.29 is 47.3 Å². The first-order chi connectivity index (χ1) is 14.5. The smallest absolute Gasteiger partial charge is 1.00 e. The van der Waals surface area contributed by atoms with Gasteiger partial charge in [-0.15, -0.1) is 0 Å². The van der Waals surface area contributed by atoms with E-state index in [1.54, 1.807) is 0 Å². The summed E-state index contributed by atoms with van der Waals surface area (Å²) in [6.07, 6.45) is 7.61. The van der Waals surface area contributed by atoms with E-state index in [4.69, 9.17) is 0 Å². The fraction of sp³-hybridized carbons (Fsp3) is 0.481. The van der Waals surface area contributed by atoms with Crippen LogP contribution in [0.1, 0.15) is 67.7 Å². The number of carbonyl (C=O) groups is 1. The fourth-order valence-corrected chi connectivity index (χ4v) is 11.7. The first-order valence-corrected chi connectivity index (χ1v) is 14.2. The predicted octanol–water partition coefficient (Wildman–Crippen LogP) is -0.158. The summed E-state index contributed by atoms with van der Waals surface area (Å²) < 4.78 is 5.63. The van der Waals surface area contributed by atoms with E-state index in [1.165, 1.54) is 45.3 Å². The number of hydrogen-bond donors (Lipinski definition) is 1. The Labute approximate surface area is 210 Å². The molecular weight excluding hydrogens is 473 g/mol. The molecule has 4 fully saturated rings. The number of rotatable bonds is 3. The molecule has 0 radical (unpaired) electrons. The molecule has 1 N–H and O–H groups in total. The van der Waals surface area contributed by atoms with Gasteiger partial charge in [0.15, 0.2) is 0 Å². The second-order valence-corrected chi connectivity index (χ2v) is 14.8. The number of nitrogens with one attached hydrogen (secondary N) is 1. The van der Waals surface area contributed by atoms with E-state index in [0.717, 1.165) is 37.0 Å². The normalized spacial score (nSPS) is 28.5. The van der Waals surface area contributed by atoms with Crippen molar-refractivity contribution in [3.63, 3.8) is 0 Å². The molecule has 0 spiro atoms. The molecule has 2 aromatic rings. The van der Waals surface area contributed by atoms with E-state index in [0.29, 0.717) is 10.1 Å². The van der Waals surface area contributed by atoms with Gasteiger partial charge in [0.25, 0.3) is 0 Å². The molecule has 2 nitrogen and oxygen atoms in total. The van der Waals surface area contributed by atoms with Crippen LogP contribution < -0.4 is 28.6 Å². The van der Waals surface area contributed by atoms with Crippen molar-refractivity contribution in [3.8, 4) is 11.1 Å². The van der Waals surface area contributed by atoms with Gasteiger partial charge in [0.05, 0.1) is 0 Å². The number of amides is 1. The Hall–Kier alpha value is -0.926. The van der Waals surface area contributed by atoms with Crippen molar-refractivity contribution in [2.75, 3.05) is 0 Å². The molecule has 0 atom stereocenters. The van der Waals surface area contributed by atoms with E-state index in [2.05, 4.69) is 66.2 Å². The van der Waals surface area contributed by atoms with Gasteiger partial charge < -0.3 is 24.8 Å². The third kappa shape index (κ3) is 3.76. The summed E-state index contributed by atoms with van der Waals surface area (Å²) in [7, 11) is 0. The molecule has 2 aromatic carbocycles. The summed E-state index contributed by atoms with van der Waals surface area (Å²) >= 11 is -2.06. The van der Waals surface area contributed by atoms with Crippen molar-refractivity contribution in [2.45, 2.75) is 56.6 Å². The Morgan fingerprint density at radius 1 is 0.812 bits per heavy atom. The minimum atomic E-state index is -2.06. The average Bonchev–Trinajstić information content (AvgIpc) is 3.05. The van der Waals surface area contributed by atoms with Gasteiger partial charge in [-0.25, -0.2) is 0 Å². The Morgan fingerprint density at radius 2 is 1.25 bits per heavy atom. The molecule has 7 rings (SSSR count). The van der Waals surface area contributed by atoms with E-state index >= 15 is 0 Å². The summed E-state index contributed by atoms with van der Waals surface area (Å²) in [6.45, 7) is 4.53. The Balaban J connectivity index is 0.00000122. The summed E-state index contributed by atoms with van der Waals surface area (Å²) in [5, 5.41) is 0. The van der Waals surface area contributed by atoms with Crippen molar-refractivity contribution in [3.05, 3.63) is 59.7 Å². The van der Waals surface area contributed by atoms with Crippen molar-refractivity contribution in [2.24, 2.45) is 23.2 Å². The second kappa shape index (κ2) is 9.02. The molecular formula is C27H31Cl2NOTi. The zero-order valence-electron chi connectivity index (χ0n) is 18.8.